The molecule has 7 nitrogen and oxygen atoms in total. The van der Waals surface area contributed by atoms with E-state index in [4.69, 9.17) is 9.47 Å². The molecule has 0 N–H and O–H groups in total. The Balaban J connectivity index is 0.00000304. The number of aromatic nitrogens is 1. The van der Waals surface area contributed by atoms with Crippen molar-refractivity contribution in [2.24, 2.45) is 0 Å². The number of nitrogens with zero attached hydrogens (tertiary/aromatic N) is 2. The molecule has 0 aliphatic carbocycles. The Kier molecular flexibility index (Phi) is 8.20. The Morgan fingerprint density at radius 3 is 2.56 bits per heavy atom. The summed E-state index contributed by atoms with van der Waals surface area (Å²) in [5.41, 5.74) is 1.14. The number of carbonyl (C=O) groups is 2. The number of hydrogen-bond acceptors (Lipinski definition) is 5. The zero-order valence-electron chi connectivity index (χ0n) is 19.5. The molecule has 1 fully saturated rings. The van der Waals surface area contributed by atoms with Crippen molar-refractivity contribution in [3.63, 3.8) is 0 Å². The van der Waals surface area contributed by atoms with Crippen LogP contribution in [0.3, 0.4) is 0 Å². The topological polar surface area (TPSA) is 77.8 Å². The van der Waals surface area contributed by atoms with Crippen molar-refractivity contribution in [2.45, 2.75) is 38.6 Å². The number of pyridine rings is 1. The van der Waals surface area contributed by atoms with Gasteiger partial charge in [-0.2, -0.15) is 0 Å². The molecular weight excluding hydrogens is 578 g/mol. The molecule has 2 aliphatic heterocycles. The van der Waals surface area contributed by atoms with Crippen molar-refractivity contribution in [2.75, 3.05) is 13.2 Å². The Hall–Kier alpha value is -3.05. The Bertz CT molecular complexity index is 1310. The number of ketones is 1. The molecule has 5 rings (SSSR count). The van der Waals surface area contributed by atoms with E-state index in [9.17, 15) is 18.8 Å². The standard InChI is InChI=1S/C27H25FN2O5.HI/c28-20-10-7-18(8-11-20)9-12-22(31)21-15-29-16-23-30(13-4-14-34-23)27(33)24(29)26(25(21)32)35-17-19-5-2-1-3-6-19;/h1-3,5-8,10-11,15,23H,4,9,12-14,16-17H2;1H. The lowest BCUT2D eigenvalue weighted by Crippen LogP contribution is -2.53. The summed E-state index contributed by atoms with van der Waals surface area (Å²) in [6, 6.07) is 15.2. The van der Waals surface area contributed by atoms with Crippen LogP contribution in [0.1, 0.15) is 44.8 Å². The van der Waals surface area contributed by atoms with Crippen LogP contribution >= 0.6 is 24.0 Å². The molecular formula is C27H26FIN2O5. The number of fused-ring (bicyclic) bond motifs is 2. The summed E-state index contributed by atoms with van der Waals surface area (Å²) in [5, 5.41) is 0. The fourth-order valence-electron chi connectivity index (χ4n) is 4.49. The molecule has 2 aromatic carbocycles. The van der Waals surface area contributed by atoms with Gasteiger partial charge in [0.25, 0.3) is 5.91 Å². The molecule has 3 heterocycles. The highest BCUT2D eigenvalue weighted by Gasteiger charge is 2.38. The fraction of sp³-hybridized carbons (Fsp3) is 0.296. The first-order valence-corrected chi connectivity index (χ1v) is 11.7. The molecule has 0 radical (unpaired) electrons. The van der Waals surface area contributed by atoms with Crippen LogP contribution in [0.5, 0.6) is 5.75 Å². The molecule has 0 spiro atoms. The second kappa shape index (κ2) is 11.3. The van der Waals surface area contributed by atoms with Gasteiger partial charge in [0.1, 0.15) is 12.4 Å². The zero-order chi connectivity index (χ0) is 24.4. The molecule has 188 valence electrons. The van der Waals surface area contributed by atoms with Crippen molar-refractivity contribution in [3.8, 4) is 5.75 Å². The maximum Gasteiger partial charge on any atom is 0.276 e. The van der Waals surface area contributed by atoms with Crippen LogP contribution in [0.25, 0.3) is 0 Å². The van der Waals surface area contributed by atoms with Gasteiger partial charge in [-0.1, -0.05) is 42.5 Å². The molecule has 2 aliphatic rings. The zero-order valence-corrected chi connectivity index (χ0v) is 21.9. The van der Waals surface area contributed by atoms with Crippen molar-refractivity contribution in [3.05, 3.63) is 99.2 Å². The summed E-state index contributed by atoms with van der Waals surface area (Å²) in [7, 11) is 0. The third kappa shape index (κ3) is 5.36. The monoisotopic (exact) mass is 604 g/mol. The molecule has 0 saturated carbocycles. The summed E-state index contributed by atoms with van der Waals surface area (Å²) < 4.78 is 26.5. The van der Waals surface area contributed by atoms with E-state index < -0.39 is 11.7 Å². The van der Waals surface area contributed by atoms with Crippen LogP contribution < -0.4 is 10.2 Å². The van der Waals surface area contributed by atoms with Crippen LogP contribution in [0.2, 0.25) is 0 Å². The van der Waals surface area contributed by atoms with Gasteiger partial charge < -0.3 is 18.9 Å². The molecule has 36 heavy (non-hydrogen) atoms. The molecule has 0 bridgehead atoms. The lowest BCUT2D eigenvalue weighted by molar-refractivity contribution is -0.0920. The molecule has 1 amide bonds. The van der Waals surface area contributed by atoms with E-state index in [-0.39, 0.29) is 71.5 Å². The van der Waals surface area contributed by atoms with E-state index in [1.807, 2.05) is 30.3 Å². The Morgan fingerprint density at radius 2 is 1.81 bits per heavy atom. The average Bonchev–Trinajstić information content (AvgIpc) is 2.88. The van der Waals surface area contributed by atoms with Crippen molar-refractivity contribution < 1.29 is 23.5 Å². The highest BCUT2D eigenvalue weighted by atomic mass is 127. The highest BCUT2D eigenvalue weighted by Crippen LogP contribution is 2.28. The summed E-state index contributed by atoms with van der Waals surface area (Å²) in [4.78, 5) is 41.5. The van der Waals surface area contributed by atoms with Crippen molar-refractivity contribution >= 4 is 35.7 Å². The third-order valence-corrected chi connectivity index (χ3v) is 6.34. The predicted octanol–water partition coefficient (Wildman–Crippen LogP) is 4.20. The van der Waals surface area contributed by atoms with Crippen LogP contribution in [0.4, 0.5) is 4.39 Å². The number of halogens is 2. The lowest BCUT2D eigenvalue weighted by Gasteiger charge is -2.40. The number of amides is 1. The number of aryl methyl sites for hydroxylation is 1. The van der Waals surface area contributed by atoms with Gasteiger partial charge in [-0.3, -0.25) is 14.4 Å². The Labute approximate surface area is 224 Å². The maximum absolute atomic E-state index is 13.5. The fourth-order valence-corrected chi connectivity index (χ4v) is 4.49. The number of hydrogen-bond donors (Lipinski definition) is 0. The van der Waals surface area contributed by atoms with Gasteiger partial charge in [0.05, 0.1) is 18.7 Å². The van der Waals surface area contributed by atoms with Crippen molar-refractivity contribution in [1.82, 2.24) is 9.47 Å². The quantitative estimate of drug-likeness (QED) is 0.299. The minimum Gasteiger partial charge on any atom is -0.483 e. The van der Waals surface area contributed by atoms with E-state index in [1.54, 1.807) is 21.6 Å². The first-order valence-electron chi connectivity index (χ1n) is 11.7. The van der Waals surface area contributed by atoms with E-state index in [0.717, 1.165) is 11.1 Å². The van der Waals surface area contributed by atoms with Crippen LogP contribution in [-0.4, -0.2) is 40.5 Å². The smallest absolute Gasteiger partial charge is 0.276 e. The van der Waals surface area contributed by atoms with Crippen LogP contribution in [0, 0.1) is 5.82 Å². The minimum atomic E-state index is -0.596. The number of benzene rings is 2. The number of carbonyl (C=O) groups excluding carboxylic acids is 2. The summed E-state index contributed by atoms with van der Waals surface area (Å²) in [6.45, 7) is 1.48. The van der Waals surface area contributed by atoms with Gasteiger partial charge in [0, 0.05) is 19.2 Å². The number of Topliss-reactive ketones (excluding diaryl/α,β-unsaturated/α-hetero) is 1. The van der Waals surface area contributed by atoms with E-state index in [0.29, 0.717) is 32.5 Å². The second-order valence-corrected chi connectivity index (χ2v) is 8.70. The first kappa shape index (κ1) is 26.0. The second-order valence-electron chi connectivity index (χ2n) is 8.70. The van der Waals surface area contributed by atoms with E-state index in [1.165, 1.54) is 18.3 Å². The van der Waals surface area contributed by atoms with Crippen LogP contribution in [-0.2, 0) is 24.3 Å². The van der Waals surface area contributed by atoms with Gasteiger partial charge in [-0.25, -0.2) is 4.39 Å². The largest absolute Gasteiger partial charge is 0.483 e. The van der Waals surface area contributed by atoms with Gasteiger partial charge in [-0.05, 0) is 36.1 Å². The number of ether oxygens (including phenoxy) is 2. The summed E-state index contributed by atoms with van der Waals surface area (Å²) >= 11 is 0. The number of rotatable bonds is 7. The Morgan fingerprint density at radius 1 is 1.06 bits per heavy atom. The van der Waals surface area contributed by atoms with E-state index in [2.05, 4.69) is 0 Å². The normalized spacial score (nSPS) is 16.5. The predicted molar refractivity (Wildman–Crippen MR) is 141 cm³/mol. The summed E-state index contributed by atoms with van der Waals surface area (Å²) in [5.74, 6) is -1.17. The molecule has 9 heteroatoms. The molecule has 3 aromatic rings. The van der Waals surface area contributed by atoms with Crippen LogP contribution in [0.15, 0.2) is 65.6 Å². The van der Waals surface area contributed by atoms with Gasteiger partial charge in [-0.15, -0.1) is 24.0 Å². The highest BCUT2D eigenvalue weighted by molar-refractivity contribution is 14.0. The van der Waals surface area contributed by atoms with E-state index >= 15 is 0 Å². The summed E-state index contributed by atoms with van der Waals surface area (Å²) in [6.07, 6.45) is 2.15. The third-order valence-electron chi connectivity index (χ3n) is 6.34. The van der Waals surface area contributed by atoms with Gasteiger partial charge in [0.2, 0.25) is 5.43 Å². The minimum absolute atomic E-state index is 0. The first-order chi connectivity index (χ1) is 17.0. The van der Waals surface area contributed by atoms with Crippen molar-refractivity contribution in [1.29, 1.82) is 0 Å². The average molecular weight is 604 g/mol. The molecule has 1 atom stereocenters. The lowest BCUT2D eigenvalue weighted by atomic mass is 10.0. The SMILES string of the molecule is I.O=C(CCc1ccc(F)cc1)c1cn2c(c(OCc3ccccc3)c1=O)C(=O)N1CCCOC1C2. The maximum atomic E-state index is 13.5. The van der Waals surface area contributed by atoms with Gasteiger partial charge >= 0.3 is 0 Å². The molecule has 1 unspecified atom stereocenters. The van der Waals surface area contributed by atoms with Gasteiger partial charge in [0.15, 0.2) is 23.5 Å². The molecule has 1 aromatic heterocycles. The molecule has 1 saturated heterocycles.